The van der Waals surface area contributed by atoms with Crippen LogP contribution in [0, 0.1) is 6.92 Å². The summed E-state index contributed by atoms with van der Waals surface area (Å²) in [7, 11) is 1.96. The van der Waals surface area contributed by atoms with Crippen molar-refractivity contribution in [2.75, 3.05) is 29.9 Å². The van der Waals surface area contributed by atoms with Crippen LogP contribution in [0.5, 0.6) is 5.75 Å². The van der Waals surface area contributed by atoms with E-state index in [1.165, 1.54) is 0 Å². The molecule has 0 aliphatic rings. The number of pyridine rings is 1. The SMILES string of the molecule is CCCCN(CCCC)c1nc2c(cc1CNc1ncc(OCC)cn1)c(C)nn2C. The molecule has 0 radical (unpaired) electrons. The van der Waals surface area contributed by atoms with Crippen LogP contribution in [0.3, 0.4) is 0 Å². The first-order chi connectivity index (χ1) is 15.1. The van der Waals surface area contributed by atoms with Crippen LogP contribution in [0.4, 0.5) is 11.8 Å². The first kappa shape index (κ1) is 22.8. The zero-order valence-corrected chi connectivity index (χ0v) is 19.5. The van der Waals surface area contributed by atoms with Crippen LogP contribution in [0.1, 0.15) is 57.7 Å². The second-order valence-corrected chi connectivity index (χ2v) is 7.77. The zero-order valence-electron chi connectivity index (χ0n) is 19.5. The van der Waals surface area contributed by atoms with Gasteiger partial charge < -0.3 is 15.0 Å². The average molecular weight is 426 g/mol. The van der Waals surface area contributed by atoms with Crippen LogP contribution >= 0.6 is 0 Å². The molecule has 1 N–H and O–H groups in total. The number of aryl methyl sites for hydroxylation is 2. The summed E-state index contributed by atoms with van der Waals surface area (Å²) in [5, 5.41) is 9.02. The molecule has 0 bridgehead atoms. The number of aromatic nitrogens is 5. The number of rotatable bonds is 12. The molecule has 3 aromatic rings. The fourth-order valence-corrected chi connectivity index (χ4v) is 3.62. The van der Waals surface area contributed by atoms with Gasteiger partial charge in [0, 0.05) is 37.6 Å². The molecular formula is C23H35N7O. The van der Waals surface area contributed by atoms with Crippen molar-refractivity contribution >= 4 is 22.8 Å². The number of hydrogen-bond donors (Lipinski definition) is 1. The molecular weight excluding hydrogens is 390 g/mol. The molecule has 3 heterocycles. The van der Waals surface area contributed by atoms with Crippen LogP contribution in [0.15, 0.2) is 18.5 Å². The fraction of sp³-hybridized carbons (Fsp3) is 0.565. The monoisotopic (exact) mass is 425 g/mol. The molecule has 0 saturated carbocycles. The second kappa shape index (κ2) is 10.9. The molecule has 0 saturated heterocycles. The van der Waals surface area contributed by atoms with Gasteiger partial charge in [-0.05, 0) is 32.8 Å². The predicted octanol–water partition coefficient (Wildman–Crippen LogP) is 4.48. The number of hydrogen-bond acceptors (Lipinski definition) is 7. The zero-order chi connectivity index (χ0) is 22.2. The van der Waals surface area contributed by atoms with Gasteiger partial charge in [0.25, 0.3) is 0 Å². The van der Waals surface area contributed by atoms with Crippen molar-refractivity contribution in [1.29, 1.82) is 0 Å². The molecule has 8 nitrogen and oxygen atoms in total. The lowest BCUT2D eigenvalue weighted by atomic mass is 10.1. The number of anilines is 2. The van der Waals surface area contributed by atoms with Gasteiger partial charge in [-0.2, -0.15) is 5.10 Å². The number of nitrogens with one attached hydrogen (secondary N) is 1. The maximum atomic E-state index is 5.43. The Bertz CT molecular complexity index is 960. The average Bonchev–Trinajstić information content (AvgIpc) is 3.05. The van der Waals surface area contributed by atoms with Crippen molar-refractivity contribution in [3.63, 3.8) is 0 Å². The van der Waals surface area contributed by atoms with Gasteiger partial charge in [0.05, 0.1) is 24.7 Å². The maximum Gasteiger partial charge on any atom is 0.223 e. The first-order valence-corrected chi connectivity index (χ1v) is 11.3. The minimum absolute atomic E-state index is 0.575. The normalized spacial score (nSPS) is 11.1. The topological polar surface area (TPSA) is 81.0 Å². The lowest BCUT2D eigenvalue weighted by Crippen LogP contribution is -2.28. The number of unbranched alkanes of at least 4 members (excludes halogenated alkanes) is 2. The van der Waals surface area contributed by atoms with Crippen LogP contribution in [-0.2, 0) is 13.6 Å². The van der Waals surface area contributed by atoms with Gasteiger partial charge in [-0.15, -0.1) is 0 Å². The van der Waals surface area contributed by atoms with Crippen molar-refractivity contribution in [1.82, 2.24) is 24.7 Å². The van der Waals surface area contributed by atoms with E-state index in [4.69, 9.17) is 9.72 Å². The Balaban J connectivity index is 1.92. The van der Waals surface area contributed by atoms with E-state index in [1.807, 2.05) is 25.6 Å². The standard InChI is InChI=1S/C23H35N7O/c1-6-9-11-30(12-10-7-2)21-18(13-20-17(4)28-29(5)22(20)27-21)14-24-23-25-15-19(16-26-23)31-8-3/h13,15-16H,6-12,14H2,1-5H3,(H,24,25,26). The summed E-state index contributed by atoms with van der Waals surface area (Å²) in [6, 6.07) is 2.21. The molecule has 8 heteroatoms. The summed E-state index contributed by atoms with van der Waals surface area (Å²) in [6.07, 6.45) is 7.99. The summed E-state index contributed by atoms with van der Waals surface area (Å²) >= 11 is 0. The molecule has 168 valence electrons. The van der Waals surface area contributed by atoms with E-state index in [9.17, 15) is 0 Å². The predicted molar refractivity (Wildman–Crippen MR) is 126 cm³/mol. The first-order valence-electron chi connectivity index (χ1n) is 11.3. The van der Waals surface area contributed by atoms with Gasteiger partial charge in [0.15, 0.2) is 11.4 Å². The third kappa shape index (κ3) is 5.62. The Labute approximate surface area is 185 Å². The largest absolute Gasteiger partial charge is 0.491 e. The van der Waals surface area contributed by atoms with Crippen molar-refractivity contribution in [3.8, 4) is 5.75 Å². The molecule has 0 aliphatic carbocycles. The summed E-state index contributed by atoms with van der Waals surface area (Å²) in [5.74, 6) is 2.27. The Hall–Kier alpha value is -2.90. The highest BCUT2D eigenvalue weighted by Crippen LogP contribution is 2.27. The maximum absolute atomic E-state index is 5.43. The Morgan fingerprint density at radius 1 is 1.06 bits per heavy atom. The summed E-state index contributed by atoms with van der Waals surface area (Å²) in [5.41, 5.74) is 3.05. The summed E-state index contributed by atoms with van der Waals surface area (Å²) in [6.45, 7) is 11.6. The van der Waals surface area contributed by atoms with E-state index in [-0.39, 0.29) is 0 Å². The Kier molecular flexibility index (Phi) is 8.03. The minimum Gasteiger partial charge on any atom is -0.491 e. The smallest absolute Gasteiger partial charge is 0.223 e. The summed E-state index contributed by atoms with van der Waals surface area (Å²) < 4.78 is 7.31. The molecule has 0 spiro atoms. The van der Waals surface area contributed by atoms with Gasteiger partial charge in [-0.25, -0.2) is 15.0 Å². The van der Waals surface area contributed by atoms with Crippen LogP contribution < -0.4 is 15.0 Å². The summed E-state index contributed by atoms with van der Waals surface area (Å²) in [4.78, 5) is 16.2. The lowest BCUT2D eigenvalue weighted by Gasteiger charge is -2.26. The highest BCUT2D eigenvalue weighted by atomic mass is 16.5. The van der Waals surface area contributed by atoms with E-state index in [0.29, 0.717) is 24.8 Å². The number of ether oxygens (including phenoxy) is 1. The second-order valence-electron chi connectivity index (χ2n) is 7.77. The van der Waals surface area contributed by atoms with Crippen molar-refractivity contribution < 1.29 is 4.74 Å². The Morgan fingerprint density at radius 2 is 1.74 bits per heavy atom. The molecule has 3 aromatic heterocycles. The van der Waals surface area contributed by atoms with Crippen LogP contribution in [0.25, 0.3) is 11.0 Å². The number of fused-ring (bicyclic) bond motifs is 1. The quantitative estimate of drug-likeness (QED) is 0.458. The van der Waals surface area contributed by atoms with Crippen molar-refractivity contribution in [2.24, 2.45) is 7.05 Å². The third-order valence-corrected chi connectivity index (χ3v) is 5.29. The van der Waals surface area contributed by atoms with Crippen LogP contribution in [-0.4, -0.2) is 44.4 Å². The third-order valence-electron chi connectivity index (χ3n) is 5.29. The molecule has 0 aliphatic heterocycles. The molecule has 0 unspecified atom stereocenters. The van der Waals surface area contributed by atoms with Crippen molar-refractivity contribution in [2.45, 2.75) is 59.9 Å². The van der Waals surface area contributed by atoms with Crippen molar-refractivity contribution in [3.05, 3.63) is 29.7 Å². The van der Waals surface area contributed by atoms with E-state index >= 15 is 0 Å². The van der Waals surface area contributed by atoms with Gasteiger partial charge >= 0.3 is 0 Å². The van der Waals surface area contributed by atoms with E-state index in [0.717, 1.165) is 66.9 Å². The van der Waals surface area contributed by atoms with E-state index < -0.39 is 0 Å². The fourth-order valence-electron chi connectivity index (χ4n) is 3.62. The van der Waals surface area contributed by atoms with Gasteiger partial charge in [0.1, 0.15) is 5.82 Å². The van der Waals surface area contributed by atoms with Gasteiger partial charge in [0.2, 0.25) is 5.95 Å². The molecule has 0 fully saturated rings. The van der Waals surface area contributed by atoms with E-state index in [2.05, 4.69) is 45.2 Å². The molecule has 0 amide bonds. The van der Waals surface area contributed by atoms with Crippen LogP contribution in [0.2, 0.25) is 0 Å². The highest BCUT2D eigenvalue weighted by molar-refractivity contribution is 5.81. The van der Waals surface area contributed by atoms with E-state index in [1.54, 1.807) is 12.4 Å². The molecule has 0 aromatic carbocycles. The minimum atomic E-state index is 0.575. The van der Waals surface area contributed by atoms with Gasteiger partial charge in [-0.3, -0.25) is 4.68 Å². The Morgan fingerprint density at radius 3 is 2.35 bits per heavy atom. The number of nitrogens with zero attached hydrogens (tertiary/aromatic N) is 6. The van der Waals surface area contributed by atoms with Gasteiger partial charge in [-0.1, -0.05) is 26.7 Å². The highest BCUT2D eigenvalue weighted by Gasteiger charge is 2.17. The molecule has 3 rings (SSSR count). The molecule has 31 heavy (non-hydrogen) atoms. The molecule has 0 atom stereocenters. The lowest BCUT2D eigenvalue weighted by molar-refractivity contribution is 0.337.